The summed E-state index contributed by atoms with van der Waals surface area (Å²) in [5, 5.41) is 17.4. The normalized spacial score (nSPS) is 12.4. The Morgan fingerprint density at radius 3 is 2.87 bits per heavy atom. The van der Waals surface area contributed by atoms with Gasteiger partial charge in [0.15, 0.2) is 0 Å². The van der Waals surface area contributed by atoms with Crippen LogP contribution >= 0.6 is 11.3 Å². The zero-order chi connectivity index (χ0) is 16.1. The van der Waals surface area contributed by atoms with Crippen molar-refractivity contribution in [3.05, 3.63) is 58.4 Å². The molecular weight excluding hydrogens is 308 g/mol. The van der Waals surface area contributed by atoms with E-state index < -0.39 is 0 Å². The molecule has 3 N–H and O–H groups in total. The van der Waals surface area contributed by atoms with Crippen molar-refractivity contribution in [3.8, 4) is 0 Å². The fourth-order valence-electron chi connectivity index (χ4n) is 2.79. The molecule has 0 aliphatic rings. The van der Waals surface area contributed by atoms with Crippen molar-refractivity contribution in [2.24, 2.45) is 0 Å². The van der Waals surface area contributed by atoms with Crippen molar-refractivity contribution >= 4 is 28.1 Å². The zero-order valence-electron chi connectivity index (χ0n) is 12.8. The van der Waals surface area contributed by atoms with Gasteiger partial charge in [-0.25, -0.2) is 0 Å². The predicted octanol–water partition coefficient (Wildman–Crippen LogP) is 3.52. The number of carbonyl (C=O) groups is 1. The highest BCUT2D eigenvalue weighted by Crippen LogP contribution is 2.25. The molecule has 0 fully saturated rings. The van der Waals surface area contributed by atoms with E-state index in [2.05, 4.69) is 21.7 Å². The van der Waals surface area contributed by atoms with E-state index in [0.717, 1.165) is 23.7 Å². The van der Waals surface area contributed by atoms with E-state index in [1.807, 2.05) is 35.7 Å². The minimum Gasteiger partial charge on any atom is -0.396 e. The first-order valence-electron chi connectivity index (χ1n) is 7.77. The number of hydrogen-bond donors (Lipinski definition) is 3. The fourth-order valence-corrected chi connectivity index (χ4v) is 3.53. The Morgan fingerprint density at radius 1 is 1.26 bits per heavy atom. The highest BCUT2D eigenvalue weighted by molar-refractivity contribution is 7.07. The van der Waals surface area contributed by atoms with E-state index in [1.54, 1.807) is 11.3 Å². The van der Waals surface area contributed by atoms with Crippen molar-refractivity contribution in [3.63, 3.8) is 0 Å². The number of hydrogen-bond acceptors (Lipinski definition) is 3. The van der Waals surface area contributed by atoms with Gasteiger partial charge >= 0.3 is 0 Å². The van der Waals surface area contributed by atoms with E-state index in [0.29, 0.717) is 12.2 Å². The van der Waals surface area contributed by atoms with Crippen LogP contribution in [0.1, 0.15) is 34.8 Å². The van der Waals surface area contributed by atoms with Gasteiger partial charge in [0.1, 0.15) is 5.69 Å². The molecule has 2 aromatic heterocycles. The van der Waals surface area contributed by atoms with E-state index in [1.165, 1.54) is 5.56 Å². The number of rotatable bonds is 7. The zero-order valence-corrected chi connectivity index (χ0v) is 13.6. The fraction of sp³-hybridized carbons (Fsp3) is 0.278. The molecular formula is C18H20N2O2S. The molecule has 23 heavy (non-hydrogen) atoms. The molecule has 0 saturated heterocycles. The number of thiophene rings is 1. The van der Waals surface area contributed by atoms with Crippen molar-refractivity contribution < 1.29 is 9.90 Å². The van der Waals surface area contributed by atoms with Crippen molar-refractivity contribution in [2.45, 2.75) is 18.8 Å². The summed E-state index contributed by atoms with van der Waals surface area (Å²) in [5.74, 6) is 0.198. The lowest BCUT2D eigenvalue weighted by Crippen LogP contribution is -2.26. The number of H-pyrrole nitrogens is 1. The SMILES string of the molecule is O=C(NCC[C@@H](CCO)c1ccsc1)c1cc2ccccc2[nH]1. The van der Waals surface area contributed by atoms with Crippen LogP contribution < -0.4 is 5.32 Å². The van der Waals surface area contributed by atoms with Crippen molar-refractivity contribution in [1.29, 1.82) is 0 Å². The van der Waals surface area contributed by atoms with E-state index >= 15 is 0 Å². The first-order valence-corrected chi connectivity index (χ1v) is 8.71. The first-order chi connectivity index (χ1) is 11.3. The van der Waals surface area contributed by atoms with Gasteiger partial charge in [-0.2, -0.15) is 11.3 Å². The quantitative estimate of drug-likeness (QED) is 0.621. The molecule has 0 aliphatic carbocycles. The molecule has 0 spiro atoms. The van der Waals surface area contributed by atoms with E-state index in [9.17, 15) is 9.90 Å². The molecule has 0 bridgehead atoms. The number of carbonyl (C=O) groups excluding carboxylic acids is 1. The summed E-state index contributed by atoms with van der Waals surface area (Å²) in [5.41, 5.74) is 2.79. The molecule has 1 amide bonds. The maximum Gasteiger partial charge on any atom is 0.267 e. The third-order valence-electron chi connectivity index (χ3n) is 4.05. The molecule has 0 unspecified atom stereocenters. The molecule has 3 aromatic rings. The third-order valence-corrected chi connectivity index (χ3v) is 4.75. The van der Waals surface area contributed by atoms with Crippen LogP contribution in [0.4, 0.5) is 0 Å². The molecule has 0 aliphatic heterocycles. The largest absolute Gasteiger partial charge is 0.396 e. The summed E-state index contributed by atoms with van der Waals surface area (Å²) in [7, 11) is 0. The van der Waals surface area contributed by atoms with Gasteiger partial charge in [0.25, 0.3) is 5.91 Å². The van der Waals surface area contributed by atoms with Crippen molar-refractivity contribution in [2.75, 3.05) is 13.2 Å². The molecule has 2 heterocycles. The predicted molar refractivity (Wildman–Crippen MR) is 94.0 cm³/mol. The number of benzene rings is 1. The molecule has 4 nitrogen and oxygen atoms in total. The lowest BCUT2D eigenvalue weighted by Gasteiger charge is -2.14. The highest BCUT2D eigenvalue weighted by atomic mass is 32.1. The number of fused-ring (bicyclic) bond motifs is 1. The number of aliphatic hydroxyl groups excluding tert-OH is 1. The summed E-state index contributed by atoms with van der Waals surface area (Å²) >= 11 is 1.66. The van der Waals surface area contributed by atoms with Gasteiger partial charge in [-0.3, -0.25) is 4.79 Å². The summed E-state index contributed by atoms with van der Waals surface area (Å²) in [6.07, 6.45) is 1.54. The molecule has 120 valence electrons. The second-order valence-corrected chi connectivity index (χ2v) is 6.36. The van der Waals surface area contributed by atoms with Crippen LogP contribution in [0, 0.1) is 0 Å². The van der Waals surface area contributed by atoms with Crippen LogP contribution in [0.15, 0.2) is 47.2 Å². The van der Waals surface area contributed by atoms with Gasteiger partial charge in [-0.15, -0.1) is 0 Å². The number of amides is 1. The topological polar surface area (TPSA) is 65.1 Å². The summed E-state index contributed by atoms with van der Waals surface area (Å²) in [4.78, 5) is 15.4. The van der Waals surface area contributed by atoms with Crippen LogP contribution in [0.5, 0.6) is 0 Å². The highest BCUT2D eigenvalue weighted by Gasteiger charge is 2.13. The van der Waals surface area contributed by atoms with E-state index in [4.69, 9.17) is 0 Å². The second-order valence-electron chi connectivity index (χ2n) is 5.58. The van der Waals surface area contributed by atoms with Gasteiger partial charge < -0.3 is 15.4 Å². The maximum absolute atomic E-state index is 12.3. The average Bonchev–Trinajstić information content (AvgIpc) is 3.23. The number of para-hydroxylation sites is 1. The van der Waals surface area contributed by atoms with Crippen LogP contribution in [0.2, 0.25) is 0 Å². The van der Waals surface area contributed by atoms with Gasteiger partial charge in [0.05, 0.1) is 0 Å². The van der Waals surface area contributed by atoms with Gasteiger partial charge in [0.2, 0.25) is 0 Å². The minimum atomic E-state index is -0.0886. The monoisotopic (exact) mass is 328 g/mol. The standard InChI is InChI=1S/C18H20N2O2S/c21-9-6-13(15-7-10-23-12-15)5-8-19-18(22)17-11-14-3-1-2-4-16(14)20-17/h1-4,7,10-13,20-21H,5-6,8-9H2,(H,19,22)/t13-/m0/s1. The summed E-state index contributed by atoms with van der Waals surface area (Å²) in [6, 6.07) is 11.8. The Morgan fingerprint density at radius 2 is 2.13 bits per heavy atom. The average molecular weight is 328 g/mol. The number of aromatic nitrogens is 1. The van der Waals surface area contributed by atoms with Crippen LogP contribution in [0.3, 0.4) is 0 Å². The second kappa shape index (κ2) is 7.44. The van der Waals surface area contributed by atoms with E-state index in [-0.39, 0.29) is 18.4 Å². The Hall–Kier alpha value is -2.11. The lowest BCUT2D eigenvalue weighted by atomic mass is 9.95. The third kappa shape index (κ3) is 3.81. The Kier molecular flexibility index (Phi) is 5.10. The van der Waals surface area contributed by atoms with Crippen molar-refractivity contribution in [1.82, 2.24) is 10.3 Å². The number of aromatic amines is 1. The number of aliphatic hydroxyl groups is 1. The first kappa shape index (κ1) is 15.8. The van der Waals surface area contributed by atoms with Crippen LogP contribution in [-0.4, -0.2) is 29.1 Å². The van der Waals surface area contributed by atoms with Gasteiger partial charge in [-0.05, 0) is 53.3 Å². The Bertz CT molecular complexity index is 731. The summed E-state index contributed by atoms with van der Waals surface area (Å²) < 4.78 is 0. The molecule has 1 aromatic carbocycles. The number of nitrogens with one attached hydrogen (secondary N) is 2. The van der Waals surface area contributed by atoms with Crippen LogP contribution in [-0.2, 0) is 0 Å². The lowest BCUT2D eigenvalue weighted by molar-refractivity contribution is 0.0948. The van der Waals surface area contributed by atoms with Crippen LogP contribution in [0.25, 0.3) is 10.9 Å². The smallest absolute Gasteiger partial charge is 0.267 e. The van der Waals surface area contributed by atoms with Gasteiger partial charge in [-0.1, -0.05) is 18.2 Å². The minimum absolute atomic E-state index is 0.0886. The molecule has 5 heteroatoms. The molecule has 0 radical (unpaired) electrons. The van der Waals surface area contributed by atoms with Gasteiger partial charge in [0, 0.05) is 24.1 Å². The Balaban J connectivity index is 1.57. The molecule has 1 atom stereocenters. The molecule has 0 saturated carbocycles. The maximum atomic E-state index is 12.3. The molecule has 3 rings (SSSR count). The Labute approximate surface area is 139 Å². The summed E-state index contributed by atoms with van der Waals surface area (Å²) in [6.45, 7) is 0.755.